The predicted molar refractivity (Wildman–Crippen MR) is 135 cm³/mol. The molecule has 0 amide bonds. The van der Waals surface area contributed by atoms with Crippen LogP contribution in [0.4, 0.5) is 13.2 Å². The van der Waals surface area contributed by atoms with Crippen molar-refractivity contribution in [3.8, 4) is 0 Å². The lowest BCUT2D eigenvalue weighted by atomic mass is 9.78. The molecule has 4 rings (SSSR count). The average Bonchev–Trinajstić information content (AvgIpc) is 3.01. The van der Waals surface area contributed by atoms with Gasteiger partial charge >= 0.3 is 6.18 Å². The Morgan fingerprint density at radius 2 is 1.94 bits per heavy atom. The van der Waals surface area contributed by atoms with Gasteiger partial charge in [0.05, 0.1) is 14.0 Å². The molecule has 0 radical (unpaired) electrons. The number of nitrogens with zero attached hydrogens (tertiary/aromatic N) is 2. The topological polar surface area (TPSA) is 24.8 Å². The van der Waals surface area contributed by atoms with Gasteiger partial charge in [0, 0.05) is 29.8 Å². The van der Waals surface area contributed by atoms with Crippen molar-refractivity contribution < 1.29 is 44.1 Å². The van der Waals surface area contributed by atoms with Crippen molar-refractivity contribution in [1.82, 2.24) is 4.90 Å². The second-order valence-corrected chi connectivity index (χ2v) is 7.86. The largest absolute Gasteiger partial charge is 0.416 e. The number of alkyl halides is 3. The summed E-state index contributed by atoms with van der Waals surface area (Å²) in [4.78, 5) is 5.75. The number of oxime groups is 1. The molecule has 0 aromatic heterocycles. The zero-order chi connectivity index (χ0) is 41.8. The molecule has 0 N–H and O–H groups in total. The third-order valence-electron chi connectivity index (χ3n) is 5.41. The predicted octanol–water partition coefficient (Wildman–Crippen LogP) is 7.71. The van der Waals surface area contributed by atoms with Gasteiger partial charge in [-0.15, -0.1) is 0 Å². The number of aryl methyl sites for hydroxylation is 1. The maximum atomic E-state index is 14.6. The molecular formula is C29H37F3N2O. The summed E-state index contributed by atoms with van der Waals surface area (Å²) in [6, 6.07) is 5.07. The van der Waals surface area contributed by atoms with E-state index in [-0.39, 0.29) is 24.6 Å². The first-order chi connectivity index (χ1) is 24.0. The second-order valence-electron chi connectivity index (χ2n) is 7.86. The number of likely N-dealkylation sites (tertiary alicyclic amines) is 1. The lowest BCUT2D eigenvalue weighted by Crippen LogP contribution is -2.36. The van der Waals surface area contributed by atoms with Crippen molar-refractivity contribution >= 4 is 5.71 Å². The van der Waals surface area contributed by atoms with E-state index in [1.54, 1.807) is 6.92 Å². The van der Waals surface area contributed by atoms with Gasteiger partial charge in [0.1, 0.15) is 6.56 Å². The normalized spacial score (nSPS) is 41.7. The van der Waals surface area contributed by atoms with Crippen molar-refractivity contribution in [1.29, 1.82) is 0 Å². The third kappa shape index (κ3) is 6.46. The Hall–Kier alpha value is -2.34. The maximum absolute atomic E-state index is 14.6. The molecule has 1 heterocycles. The van der Waals surface area contributed by atoms with E-state index in [9.17, 15) is 13.2 Å². The van der Waals surface area contributed by atoms with Crippen LogP contribution in [0, 0.1) is 5.89 Å². The highest BCUT2D eigenvalue weighted by Gasteiger charge is 2.36. The van der Waals surface area contributed by atoms with Crippen LogP contribution >= 0.6 is 0 Å². The molecule has 0 spiro atoms. The average molecular weight is 506 g/mol. The monoisotopic (exact) mass is 505 g/mol. The van der Waals surface area contributed by atoms with Crippen LogP contribution in [0.1, 0.15) is 118 Å². The molecule has 2 aliphatic rings. The van der Waals surface area contributed by atoms with E-state index in [4.69, 9.17) is 30.9 Å². The molecule has 6 heteroatoms. The number of hydrogen-bond donors (Lipinski definition) is 0. The van der Waals surface area contributed by atoms with E-state index in [0.717, 1.165) is 4.90 Å². The molecule has 35 heavy (non-hydrogen) atoms. The molecule has 0 unspecified atom stereocenters. The Morgan fingerprint density at radius 1 is 1.17 bits per heavy atom. The minimum absolute atomic E-state index is 0.115. The first-order valence-corrected chi connectivity index (χ1v) is 10.8. The van der Waals surface area contributed by atoms with Crippen LogP contribution in [-0.4, -0.2) is 23.6 Å². The quantitative estimate of drug-likeness (QED) is 0.271. The molecule has 1 saturated heterocycles. The molecule has 1 aliphatic carbocycles. The summed E-state index contributed by atoms with van der Waals surface area (Å²) in [6.07, 6.45) is -21.3. The summed E-state index contributed by atoms with van der Waals surface area (Å²) in [5, 5.41) is 3.47. The van der Waals surface area contributed by atoms with Crippen LogP contribution in [0.5, 0.6) is 0 Å². The zero-order valence-corrected chi connectivity index (χ0v) is 19.0. The third-order valence-corrected chi connectivity index (χ3v) is 5.41. The van der Waals surface area contributed by atoms with Crippen molar-refractivity contribution in [3.63, 3.8) is 0 Å². The van der Waals surface area contributed by atoms with Crippen LogP contribution in [0.3, 0.4) is 0 Å². The molecule has 190 valence electrons. The Labute approximate surface area is 234 Å². The van der Waals surface area contributed by atoms with Crippen molar-refractivity contribution in [2.75, 3.05) is 13.0 Å². The van der Waals surface area contributed by atoms with Gasteiger partial charge in [-0.25, -0.2) is 0 Å². The van der Waals surface area contributed by atoms with Crippen LogP contribution in [0.25, 0.3) is 0 Å². The van der Waals surface area contributed by atoms with Crippen molar-refractivity contribution in [2.45, 2.75) is 84.2 Å². The molecule has 1 aliphatic heterocycles. The standard InChI is InChI=1S/C29H37F3N2O/c1-4-23-17-25(11-12-26(23)18-34-14-5-15-34)21(3)33-35-19-22-8-13-27(28(16-22)29(30,31)32)24-9-6-20(2)7-10-24/h8,11-13,16-17,20,24H,4-7,9-10,14-15,18-19H2,1-3H3/b33-21+/i3D3,5D,6D2,7D2,9D2,10D2,14D2,15D2,19D2,20D. The van der Waals surface area contributed by atoms with E-state index < -0.39 is 98.7 Å². The zero-order valence-electron chi connectivity index (χ0n) is 38.0. The fourth-order valence-electron chi connectivity index (χ4n) is 3.55. The van der Waals surface area contributed by atoms with E-state index >= 15 is 0 Å². The summed E-state index contributed by atoms with van der Waals surface area (Å²) in [7, 11) is 0. The molecular weight excluding hydrogens is 449 g/mol. The lowest BCUT2D eigenvalue weighted by Gasteiger charge is -2.31. The summed E-state index contributed by atoms with van der Waals surface area (Å²) in [6.45, 7) is -9.10. The molecule has 1 saturated carbocycles. The minimum Gasteiger partial charge on any atom is -0.391 e. The van der Waals surface area contributed by atoms with Crippen molar-refractivity contribution in [2.24, 2.45) is 11.0 Å². The fourth-order valence-corrected chi connectivity index (χ4v) is 3.55. The molecule has 2 aromatic rings. The first-order valence-electron chi connectivity index (χ1n) is 20.4. The van der Waals surface area contributed by atoms with Gasteiger partial charge in [-0.3, -0.25) is 4.90 Å². The SMILES string of the molecule is [2H]C1C([2H])([2H])N(Cc2ccc(/C(=N/OC([2H])([2H])c3ccc(C4C([2H])([2H])C([2H])([2H])C([2H])(C)C([2H])([2H])C4([2H])[2H])c(C(F)(F)F)c3)C([2H])([2H])[2H])cc2CC)C1([2H])[2H]. The van der Waals surface area contributed by atoms with Gasteiger partial charge in [-0.2, -0.15) is 13.2 Å². The summed E-state index contributed by atoms with van der Waals surface area (Å²) >= 11 is 0. The summed E-state index contributed by atoms with van der Waals surface area (Å²) in [5.41, 5.74) is -4.33. The molecule has 0 bridgehead atoms. The van der Waals surface area contributed by atoms with E-state index in [0.29, 0.717) is 30.2 Å². The first kappa shape index (κ1) is 11.0. The lowest BCUT2D eigenvalue weighted by molar-refractivity contribution is -0.138. The molecule has 3 nitrogen and oxygen atoms in total. The molecule has 2 aromatic carbocycles. The van der Waals surface area contributed by atoms with Gasteiger partial charge in [0.25, 0.3) is 0 Å². The van der Waals surface area contributed by atoms with Gasteiger partial charge < -0.3 is 4.84 Å². The summed E-state index contributed by atoms with van der Waals surface area (Å²) < 4.78 is 200. The highest BCUT2D eigenvalue weighted by atomic mass is 19.4. The van der Waals surface area contributed by atoms with E-state index in [2.05, 4.69) is 5.16 Å². The Morgan fingerprint density at radius 3 is 2.63 bits per heavy atom. The number of benzene rings is 2. The van der Waals surface area contributed by atoms with Crippen LogP contribution in [-0.2, 0) is 30.5 Å². The highest BCUT2D eigenvalue weighted by molar-refractivity contribution is 5.98. The second kappa shape index (κ2) is 11.2. The van der Waals surface area contributed by atoms with Crippen LogP contribution in [0.15, 0.2) is 41.6 Å². The minimum atomic E-state index is -5.49. The number of halogens is 3. The number of rotatable bonds is 8. The van der Waals surface area contributed by atoms with Gasteiger partial charge in [-0.1, -0.05) is 56.0 Å². The van der Waals surface area contributed by atoms with E-state index in [1.165, 1.54) is 18.2 Å². The smallest absolute Gasteiger partial charge is 0.391 e. The summed E-state index contributed by atoms with van der Waals surface area (Å²) in [5.74, 6) is -5.94. The van der Waals surface area contributed by atoms with Crippen LogP contribution in [0.2, 0.25) is 0 Å². The van der Waals surface area contributed by atoms with Gasteiger partial charge in [-0.05, 0) is 97.2 Å². The Kier molecular flexibility index (Phi) is 3.49. The fraction of sp³-hybridized carbons (Fsp3) is 0.552. The van der Waals surface area contributed by atoms with Crippen LogP contribution < -0.4 is 0 Å². The molecule has 2 fully saturated rings. The highest BCUT2D eigenvalue weighted by Crippen LogP contribution is 2.42. The number of hydrogen-bond acceptors (Lipinski definition) is 3. The Balaban J connectivity index is 1.77. The van der Waals surface area contributed by atoms with Gasteiger partial charge in [0.15, 0.2) is 0 Å². The maximum Gasteiger partial charge on any atom is 0.416 e. The van der Waals surface area contributed by atoms with E-state index in [1.807, 2.05) is 0 Å². The van der Waals surface area contributed by atoms with Crippen molar-refractivity contribution in [3.05, 3.63) is 69.8 Å². The van der Waals surface area contributed by atoms with Gasteiger partial charge in [0.2, 0.25) is 0 Å². The Bertz CT molecular complexity index is 1760. The molecule has 0 atom stereocenters.